The first-order chi connectivity index (χ1) is 8.91. The van der Waals surface area contributed by atoms with Crippen LogP contribution in [-0.4, -0.2) is 19.5 Å². The molecule has 0 saturated carbocycles. The molecule has 0 aliphatic heterocycles. The number of hydrogen-bond donors (Lipinski definition) is 0. The van der Waals surface area contributed by atoms with Crippen LogP contribution in [0.3, 0.4) is 0 Å². The summed E-state index contributed by atoms with van der Waals surface area (Å²) in [5, 5.41) is 0. The summed E-state index contributed by atoms with van der Waals surface area (Å²) in [6.45, 7) is 8.48. The Morgan fingerprint density at radius 1 is 1.26 bits per heavy atom. The van der Waals surface area contributed by atoms with Crippen LogP contribution in [-0.2, 0) is 11.8 Å². The molecule has 0 unspecified atom stereocenters. The molecule has 0 aliphatic carbocycles. The van der Waals surface area contributed by atoms with Gasteiger partial charge in [-0.15, -0.1) is 0 Å². The van der Waals surface area contributed by atoms with E-state index < -0.39 is 0 Å². The van der Waals surface area contributed by atoms with E-state index >= 15 is 0 Å². The second-order valence-electron chi connectivity index (χ2n) is 5.59. The van der Waals surface area contributed by atoms with E-state index in [1.807, 2.05) is 23.0 Å². The van der Waals surface area contributed by atoms with E-state index in [9.17, 15) is 0 Å². The second kappa shape index (κ2) is 5.41. The third kappa shape index (κ3) is 3.21. The average Bonchev–Trinajstić information content (AvgIpc) is 2.76. The zero-order valence-electron chi connectivity index (χ0n) is 11.8. The molecule has 4 nitrogen and oxygen atoms in total. The molecule has 5 heteroatoms. The molecule has 0 radical (unpaired) electrons. The van der Waals surface area contributed by atoms with Crippen LogP contribution in [0.5, 0.6) is 0 Å². The number of aromatic nitrogens is 4. The molecular weight excluding hydrogens is 304 g/mol. The van der Waals surface area contributed by atoms with Gasteiger partial charge in [-0.3, -0.25) is 4.57 Å². The Morgan fingerprint density at radius 3 is 2.63 bits per heavy atom. The summed E-state index contributed by atoms with van der Waals surface area (Å²) in [4.78, 5) is 13.5. The monoisotopic (exact) mass is 322 g/mol. The molecule has 2 aromatic rings. The van der Waals surface area contributed by atoms with Crippen LogP contribution in [0.2, 0.25) is 0 Å². The van der Waals surface area contributed by atoms with Crippen LogP contribution in [0.15, 0.2) is 23.1 Å². The lowest BCUT2D eigenvalue weighted by atomic mass is 9.96. The Kier molecular flexibility index (Phi) is 4.04. The van der Waals surface area contributed by atoms with Crippen molar-refractivity contribution in [2.24, 2.45) is 0 Å². The fourth-order valence-electron chi connectivity index (χ4n) is 1.82. The number of nitrogens with zero attached hydrogens (tertiary/aromatic N) is 4. The molecule has 0 aromatic carbocycles. The average molecular weight is 323 g/mol. The van der Waals surface area contributed by atoms with Crippen molar-refractivity contribution < 1.29 is 0 Å². The number of imidazole rings is 1. The van der Waals surface area contributed by atoms with Crippen LogP contribution in [0.4, 0.5) is 0 Å². The maximum atomic E-state index is 4.67. The van der Waals surface area contributed by atoms with E-state index in [0.717, 1.165) is 34.9 Å². The van der Waals surface area contributed by atoms with Crippen molar-refractivity contribution in [3.05, 3.63) is 34.7 Å². The number of halogens is 1. The maximum absolute atomic E-state index is 4.67. The predicted octanol–water partition coefficient (Wildman–Crippen LogP) is 3.67. The van der Waals surface area contributed by atoms with E-state index in [1.165, 1.54) is 0 Å². The Bertz CT molecular complexity index is 569. The Morgan fingerprint density at radius 2 is 2.00 bits per heavy atom. The highest BCUT2D eigenvalue weighted by atomic mass is 79.9. The molecular formula is C14H19BrN4. The van der Waals surface area contributed by atoms with Gasteiger partial charge in [-0.25, -0.2) is 15.0 Å². The molecule has 0 bridgehead atoms. The summed E-state index contributed by atoms with van der Waals surface area (Å²) < 4.78 is 2.84. The normalized spacial score (nSPS) is 11.8. The first kappa shape index (κ1) is 14.2. The second-order valence-corrected chi connectivity index (χ2v) is 6.40. The van der Waals surface area contributed by atoms with Crippen molar-refractivity contribution in [1.82, 2.24) is 19.5 Å². The minimum atomic E-state index is -0.0793. The molecule has 102 valence electrons. The minimum absolute atomic E-state index is 0.0793. The number of aryl methyl sites for hydroxylation is 1. The summed E-state index contributed by atoms with van der Waals surface area (Å²) in [5.74, 6) is 2.73. The molecule has 19 heavy (non-hydrogen) atoms. The maximum Gasteiger partial charge on any atom is 0.142 e. The van der Waals surface area contributed by atoms with Crippen LogP contribution >= 0.6 is 15.9 Å². The van der Waals surface area contributed by atoms with Crippen LogP contribution < -0.4 is 0 Å². The Hall–Kier alpha value is -1.23. The molecule has 0 aliphatic rings. The molecule has 0 fully saturated rings. The third-order valence-corrected chi connectivity index (χ3v) is 3.20. The Balaban J connectivity index is 2.50. The van der Waals surface area contributed by atoms with Crippen molar-refractivity contribution >= 4 is 15.9 Å². The highest BCUT2D eigenvalue weighted by molar-refractivity contribution is 9.10. The number of hydrogen-bond acceptors (Lipinski definition) is 3. The van der Waals surface area contributed by atoms with Gasteiger partial charge in [0.1, 0.15) is 22.1 Å². The summed E-state index contributed by atoms with van der Waals surface area (Å²) in [6.07, 6.45) is 5.78. The topological polar surface area (TPSA) is 43.6 Å². The zero-order chi connectivity index (χ0) is 14.0. The molecule has 0 atom stereocenters. The van der Waals surface area contributed by atoms with Gasteiger partial charge in [0.05, 0.1) is 0 Å². The largest absolute Gasteiger partial charge is 0.288 e. The van der Waals surface area contributed by atoms with Gasteiger partial charge in [0.15, 0.2) is 0 Å². The van der Waals surface area contributed by atoms with Gasteiger partial charge in [-0.2, -0.15) is 0 Å². The zero-order valence-corrected chi connectivity index (χ0v) is 13.4. The SMILES string of the molecule is CCCc1nccn1-c1cc(Br)nc(C(C)(C)C)n1. The van der Waals surface area contributed by atoms with E-state index in [0.29, 0.717) is 0 Å². The summed E-state index contributed by atoms with van der Waals surface area (Å²) in [5.41, 5.74) is -0.0793. The fraction of sp³-hybridized carbons (Fsp3) is 0.500. The van der Waals surface area contributed by atoms with Crippen LogP contribution in [0, 0.1) is 0 Å². The smallest absolute Gasteiger partial charge is 0.142 e. The molecule has 2 heterocycles. The highest BCUT2D eigenvalue weighted by Crippen LogP contribution is 2.22. The minimum Gasteiger partial charge on any atom is -0.288 e. The molecule has 0 N–H and O–H groups in total. The predicted molar refractivity (Wildman–Crippen MR) is 79.5 cm³/mol. The van der Waals surface area contributed by atoms with Crippen molar-refractivity contribution in [2.45, 2.75) is 46.0 Å². The van der Waals surface area contributed by atoms with Gasteiger partial charge in [0, 0.05) is 30.3 Å². The van der Waals surface area contributed by atoms with Crippen molar-refractivity contribution in [2.75, 3.05) is 0 Å². The van der Waals surface area contributed by atoms with E-state index in [-0.39, 0.29) is 5.41 Å². The standard InChI is InChI=1S/C14H19BrN4/c1-5-6-11-16-7-8-19(11)12-9-10(15)17-13(18-12)14(2,3)4/h7-9H,5-6H2,1-4H3. The van der Waals surface area contributed by atoms with Gasteiger partial charge in [0.2, 0.25) is 0 Å². The van der Waals surface area contributed by atoms with Gasteiger partial charge in [0.25, 0.3) is 0 Å². The molecule has 0 amide bonds. The fourth-order valence-corrected chi connectivity index (χ4v) is 2.19. The summed E-state index contributed by atoms with van der Waals surface area (Å²) in [6, 6.07) is 1.93. The summed E-state index contributed by atoms with van der Waals surface area (Å²) >= 11 is 3.47. The first-order valence-electron chi connectivity index (χ1n) is 6.49. The molecule has 0 saturated heterocycles. The molecule has 2 aromatic heterocycles. The third-order valence-electron chi connectivity index (χ3n) is 2.79. The van der Waals surface area contributed by atoms with Gasteiger partial charge in [-0.1, -0.05) is 27.7 Å². The highest BCUT2D eigenvalue weighted by Gasteiger charge is 2.19. The van der Waals surface area contributed by atoms with E-state index in [1.54, 1.807) is 0 Å². The lowest BCUT2D eigenvalue weighted by molar-refractivity contribution is 0.541. The van der Waals surface area contributed by atoms with E-state index in [4.69, 9.17) is 0 Å². The van der Waals surface area contributed by atoms with Gasteiger partial charge < -0.3 is 0 Å². The van der Waals surface area contributed by atoms with E-state index in [2.05, 4.69) is 58.6 Å². The first-order valence-corrected chi connectivity index (χ1v) is 7.28. The molecule has 2 rings (SSSR count). The van der Waals surface area contributed by atoms with Crippen LogP contribution in [0.25, 0.3) is 5.82 Å². The Labute approximate surface area is 122 Å². The quantitative estimate of drug-likeness (QED) is 0.810. The van der Waals surface area contributed by atoms with Crippen molar-refractivity contribution in [3.63, 3.8) is 0 Å². The van der Waals surface area contributed by atoms with Gasteiger partial charge >= 0.3 is 0 Å². The number of rotatable bonds is 3. The van der Waals surface area contributed by atoms with Crippen molar-refractivity contribution in [1.29, 1.82) is 0 Å². The van der Waals surface area contributed by atoms with Crippen molar-refractivity contribution in [3.8, 4) is 5.82 Å². The van der Waals surface area contributed by atoms with Gasteiger partial charge in [-0.05, 0) is 22.4 Å². The lowest BCUT2D eigenvalue weighted by Gasteiger charge is -2.18. The van der Waals surface area contributed by atoms with Crippen LogP contribution in [0.1, 0.15) is 45.8 Å². The molecule has 0 spiro atoms. The lowest BCUT2D eigenvalue weighted by Crippen LogP contribution is -2.18. The summed E-state index contributed by atoms with van der Waals surface area (Å²) in [7, 11) is 0.